The molecule has 48 heavy (non-hydrogen) atoms. The van der Waals surface area contributed by atoms with Crippen molar-refractivity contribution in [2.24, 2.45) is 0 Å². The number of benzene rings is 1. The summed E-state index contributed by atoms with van der Waals surface area (Å²) in [5.74, 6) is 5.14. The molecule has 0 saturated carbocycles. The van der Waals surface area contributed by atoms with Crippen molar-refractivity contribution in [2.45, 2.75) is 158 Å². The molecular weight excluding hydrogens is 587 g/mol. The van der Waals surface area contributed by atoms with Crippen LogP contribution in [0.3, 0.4) is 0 Å². The Labute approximate surface area is 294 Å². The zero-order valence-electron chi connectivity index (χ0n) is 33.2. The predicted octanol–water partition coefficient (Wildman–Crippen LogP) is 12.7. The van der Waals surface area contributed by atoms with E-state index in [9.17, 15) is 0 Å². The average Bonchev–Trinajstić information content (AvgIpc) is 3.05. The maximum absolute atomic E-state index is 4.57. The molecule has 0 N–H and O–H groups in total. The summed E-state index contributed by atoms with van der Waals surface area (Å²) in [5, 5.41) is 0. The third kappa shape index (κ3) is 15.6. The lowest BCUT2D eigenvalue weighted by Crippen LogP contribution is -2.01. The van der Waals surface area contributed by atoms with E-state index in [4.69, 9.17) is 0 Å². The van der Waals surface area contributed by atoms with Gasteiger partial charge in [-0.05, 0) is 70.8 Å². The highest BCUT2D eigenvalue weighted by molar-refractivity contribution is 5.27. The summed E-state index contributed by atoms with van der Waals surface area (Å²) < 4.78 is 0. The van der Waals surface area contributed by atoms with Gasteiger partial charge in [0.05, 0.1) is 11.4 Å². The minimum atomic E-state index is 0.420. The van der Waals surface area contributed by atoms with Gasteiger partial charge in [0.15, 0.2) is 0 Å². The number of hydrogen-bond donors (Lipinski definition) is 0. The van der Waals surface area contributed by atoms with Crippen LogP contribution in [0.5, 0.6) is 0 Å². The van der Waals surface area contributed by atoms with E-state index in [2.05, 4.69) is 178 Å². The van der Waals surface area contributed by atoms with Gasteiger partial charge in [0.1, 0.15) is 5.82 Å². The molecule has 3 aromatic heterocycles. The number of hydrogen-bond acceptors (Lipinski definition) is 5. The molecule has 0 atom stereocenters. The second-order valence-corrected chi connectivity index (χ2v) is 15.1. The van der Waals surface area contributed by atoms with Crippen molar-refractivity contribution >= 4 is 0 Å². The Morgan fingerprint density at radius 2 is 0.750 bits per heavy atom. The Hall–Kier alpha value is -3.47. The first kappa shape index (κ1) is 42.6. The van der Waals surface area contributed by atoms with Crippen molar-refractivity contribution in [2.75, 3.05) is 0 Å². The van der Waals surface area contributed by atoms with E-state index in [-0.39, 0.29) is 0 Å². The molecule has 0 fully saturated rings. The second-order valence-electron chi connectivity index (χ2n) is 15.1. The largest absolute Gasteiger partial charge is 0.261 e. The number of nitrogens with zero attached hydrogens (tertiary/aromatic N) is 5. The van der Waals surface area contributed by atoms with Crippen LogP contribution >= 0.6 is 0 Å². The highest BCUT2D eigenvalue weighted by Crippen LogP contribution is 2.21. The van der Waals surface area contributed by atoms with E-state index in [0.29, 0.717) is 47.3 Å². The molecule has 4 rings (SSSR count). The van der Waals surface area contributed by atoms with Gasteiger partial charge < -0.3 is 0 Å². The van der Waals surface area contributed by atoms with Gasteiger partial charge in [-0.15, -0.1) is 0 Å². The highest BCUT2D eigenvalue weighted by atomic mass is 14.9. The fourth-order valence-electron chi connectivity index (χ4n) is 4.33. The van der Waals surface area contributed by atoms with Crippen molar-refractivity contribution in [1.29, 1.82) is 0 Å². The number of rotatable bonds is 8. The molecular formula is C43H67N5. The van der Waals surface area contributed by atoms with E-state index in [0.717, 1.165) is 22.9 Å². The predicted molar refractivity (Wildman–Crippen MR) is 207 cm³/mol. The average molecular weight is 654 g/mol. The molecule has 0 amide bonds. The van der Waals surface area contributed by atoms with Crippen molar-refractivity contribution in [3.63, 3.8) is 0 Å². The zero-order valence-corrected chi connectivity index (χ0v) is 33.2. The summed E-state index contributed by atoms with van der Waals surface area (Å²) in [7, 11) is 0. The Morgan fingerprint density at radius 1 is 0.375 bits per heavy atom. The van der Waals surface area contributed by atoms with Crippen molar-refractivity contribution in [1.82, 2.24) is 24.9 Å². The Morgan fingerprint density at radius 3 is 1.12 bits per heavy atom. The molecule has 0 aliphatic heterocycles. The highest BCUT2D eigenvalue weighted by Gasteiger charge is 2.07. The van der Waals surface area contributed by atoms with Gasteiger partial charge in [0.25, 0.3) is 0 Å². The SMILES string of the molecule is CC(C)c1cccc(C(C)C)c1.CC(C)c1cccc(C(C)C)n1.CC(C)c1ccnc(C(C)C)n1.CC(C)c1cncc(C(C)C)n1. The van der Waals surface area contributed by atoms with Gasteiger partial charge in [0.2, 0.25) is 0 Å². The van der Waals surface area contributed by atoms with Crippen molar-refractivity contribution < 1.29 is 0 Å². The number of aromatic nitrogens is 5. The van der Waals surface area contributed by atoms with Gasteiger partial charge >= 0.3 is 0 Å². The second kappa shape index (κ2) is 21.5. The summed E-state index contributed by atoms with van der Waals surface area (Å²) in [6.45, 7) is 34.7. The van der Waals surface area contributed by atoms with Crippen LogP contribution in [-0.2, 0) is 0 Å². The van der Waals surface area contributed by atoms with Gasteiger partial charge in [-0.3, -0.25) is 15.0 Å². The minimum Gasteiger partial charge on any atom is -0.261 e. The third-order valence-corrected chi connectivity index (χ3v) is 7.88. The van der Waals surface area contributed by atoms with Crippen molar-refractivity contribution in [3.05, 3.63) is 113 Å². The lowest BCUT2D eigenvalue weighted by molar-refractivity contribution is 0.729. The van der Waals surface area contributed by atoms with E-state index in [1.807, 2.05) is 24.7 Å². The molecule has 0 aliphatic rings. The molecule has 0 unspecified atom stereocenters. The first-order valence-electron chi connectivity index (χ1n) is 18.2. The molecule has 1 aromatic carbocycles. The summed E-state index contributed by atoms with van der Waals surface area (Å²) >= 11 is 0. The molecule has 0 aliphatic carbocycles. The van der Waals surface area contributed by atoms with E-state index < -0.39 is 0 Å². The summed E-state index contributed by atoms with van der Waals surface area (Å²) in [6, 6.07) is 17.1. The molecule has 0 radical (unpaired) electrons. The monoisotopic (exact) mass is 654 g/mol. The van der Waals surface area contributed by atoms with Gasteiger partial charge in [0, 0.05) is 41.6 Å². The fourth-order valence-corrected chi connectivity index (χ4v) is 4.33. The van der Waals surface area contributed by atoms with E-state index in [1.165, 1.54) is 22.5 Å². The Bertz CT molecular complexity index is 1140. The maximum atomic E-state index is 4.57. The van der Waals surface area contributed by atoms with E-state index >= 15 is 0 Å². The lowest BCUT2D eigenvalue weighted by atomic mass is 9.96. The normalized spacial score (nSPS) is 11.2. The number of pyridine rings is 1. The van der Waals surface area contributed by atoms with Crippen LogP contribution in [0.15, 0.2) is 67.1 Å². The topological polar surface area (TPSA) is 64.5 Å². The first-order chi connectivity index (χ1) is 22.4. The Balaban J connectivity index is 0.000000320. The molecule has 0 spiro atoms. The fraction of sp³-hybridized carbons (Fsp3) is 0.558. The molecule has 4 aromatic rings. The van der Waals surface area contributed by atoms with Crippen LogP contribution in [0.1, 0.15) is 204 Å². The summed E-state index contributed by atoms with van der Waals surface area (Å²) in [4.78, 5) is 21.9. The summed E-state index contributed by atoms with van der Waals surface area (Å²) in [5.41, 5.74) is 8.58. The van der Waals surface area contributed by atoms with Crippen LogP contribution in [0.4, 0.5) is 0 Å². The zero-order chi connectivity index (χ0) is 36.6. The standard InChI is InChI=1S/C12H18.C11H17N.2C10H16N2/c1-9(2)11-6-5-7-12(8-11)10(3)4;1-8(2)10-6-5-7-11(12-10)9(3)4;1-7(2)9-5-11-6-10(12-9)8(3)4;1-7(2)9-5-6-11-10(12-9)8(3)4/h5-10H,1-4H3;5-9H,1-4H3;2*5-8H,1-4H3. The lowest BCUT2D eigenvalue weighted by Gasteiger charge is -2.09. The van der Waals surface area contributed by atoms with Crippen LogP contribution in [0.25, 0.3) is 0 Å². The Kier molecular flexibility index (Phi) is 19.1. The molecule has 3 heterocycles. The van der Waals surface area contributed by atoms with Crippen molar-refractivity contribution in [3.8, 4) is 0 Å². The maximum Gasteiger partial charge on any atom is 0.131 e. The molecule has 0 saturated heterocycles. The van der Waals surface area contributed by atoms with Gasteiger partial charge in [-0.25, -0.2) is 9.97 Å². The molecule has 5 nitrogen and oxygen atoms in total. The third-order valence-electron chi connectivity index (χ3n) is 7.88. The smallest absolute Gasteiger partial charge is 0.131 e. The molecule has 0 bridgehead atoms. The van der Waals surface area contributed by atoms with Gasteiger partial charge in [-0.1, -0.05) is 141 Å². The quantitative estimate of drug-likeness (QED) is 0.189. The van der Waals surface area contributed by atoms with Crippen LogP contribution in [0, 0.1) is 0 Å². The first-order valence-corrected chi connectivity index (χ1v) is 18.2. The van der Waals surface area contributed by atoms with Crippen LogP contribution < -0.4 is 0 Å². The molecule has 5 heteroatoms. The van der Waals surface area contributed by atoms with Gasteiger partial charge in [-0.2, -0.15) is 0 Å². The van der Waals surface area contributed by atoms with E-state index in [1.54, 1.807) is 0 Å². The van der Waals surface area contributed by atoms with Crippen LogP contribution in [-0.4, -0.2) is 24.9 Å². The van der Waals surface area contributed by atoms with Crippen LogP contribution in [0.2, 0.25) is 0 Å². The summed E-state index contributed by atoms with van der Waals surface area (Å²) in [6.07, 6.45) is 5.53. The minimum absolute atomic E-state index is 0.420. The molecule has 264 valence electrons.